The second-order valence-corrected chi connectivity index (χ2v) is 3.72. The summed E-state index contributed by atoms with van der Waals surface area (Å²) in [4.78, 5) is 10.2. The van der Waals surface area contributed by atoms with E-state index < -0.39 is 0 Å². The molecule has 0 bridgehead atoms. The minimum atomic E-state index is 0.292. The smallest absolute Gasteiger partial charge is 0.107 e. The molecule has 2 unspecified atom stereocenters. The van der Waals surface area contributed by atoms with Gasteiger partial charge in [-0.2, -0.15) is 0 Å². The van der Waals surface area contributed by atoms with Gasteiger partial charge in [-0.15, -0.1) is 4.91 Å². The molecule has 62 valence electrons. The highest BCUT2D eigenvalue weighted by molar-refractivity contribution is 5.32. The first-order chi connectivity index (χ1) is 5.74. The molecular formula is C10H11NO. The molecular weight excluding hydrogens is 150 g/mol. The predicted molar refractivity (Wildman–Crippen MR) is 48.4 cm³/mol. The lowest BCUT2D eigenvalue weighted by Crippen LogP contribution is -1.91. The van der Waals surface area contributed by atoms with E-state index in [9.17, 15) is 4.91 Å². The standard InChI is InChI=1S/C10H11NO/c1-10-6-5-9(11-12)4-2-3-8(10)7-10/h2-6,8H,7H2,1H3. The maximum Gasteiger partial charge on any atom is 0.107 e. The van der Waals surface area contributed by atoms with Gasteiger partial charge in [-0.25, -0.2) is 0 Å². The largest absolute Gasteiger partial charge is 0.145 e. The third-order valence-corrected chi connectivity index (χ3v) is 2.70. The summed E-state index contributed by atoms with van der Waals surface area (Å²) in [6.07, 6.45) is 10.9. The highest BCUT2D eigenvalue weighted by Gasteiger charge is 2.45. The summed E-state index contributed by atoms with van der Waals surface area (Å²) in [6.45, 7) is 2.20. The van der Waals surface area contributed by atoms with Gasteiger partial charge in [-0.05, 0) is 35.1 Å². The van der Waals surface area contributed by atoms with Gasteiger partial charge < -0.3 is 0 Å². The number of fused-ring (bicyclic) bond motifs is 1. The highest BCUT2D eigenvalue weighted by Crippen LogP contribution is 2.54. The van der Waals surface area contributed by atoms with Crippen molar-refractivity contribution < 1.29 is 0 Å². The van der Waals surface area contributed by atoms with E-state index in [1.165, 1.54) is 6.42 Å². The summed E-state index contributed by atoms with van der Waals surface area (Å²) in [5.41, 5.74) is 0.804. The number of rotatable bonds is 1. The van der Waals surface area contributed by atoms with Crippen LogP contribution in [0.3, 0.4) is 0 Å². The van der Waals surface area contributed by atoms with Crippen molar-refractivity contribution in [2.24, 2.45) is 16.5 Å². The second kappa shape index (κ2) is 2.41. The van der Waals surface area contributed by atoms with Crippen molar-refractivity contribution in [2.45, 2.75) is 13.3 Å². The Morgan fingerprint density at radius 3 is 3.25 bits per heavy atom. The van der Waals surface area contributed by atoms with E-state index in [-0.39, 0.29) is 0 Å². The Morgan fingerprint density at radius 2 is 2.50 bits per heavy atom. The average Bonchev–Trinajstić information content (AvgIpc) is 2.64. The fourth-order valence-electron chi connectivity index (χ4n) is 1.57. The van der Waals surface area contributed by atoms with Gasteiger partial charge in [0.1, 0.15) is 5.70 Å². The molecule has 2 atom stereocenters. The fraction of sp³-hybridized carbons (Fsp3) is 0.400. The maximum atomic E-state index is 10.2. The Balaban J connectivity index is 2.29. The average molecular weight is 161 g/mol. The number of nitroso groups, excluding NO2 is 1. The van der Waals surface area contributed by atoms with Gasteiger partial charge in [0.15, 0.2) is 0 Å². The lowest BCUT2D eigenvalue weighted by Gasteiger charge is -2.02. The topological polar surface area (TPSA) is 29.4 Å². The van der Waals surface area contributed by atoms with Crippen molar-refractivity contribution >= 4 is 0 Å². The summed E-state index contributed by atoms with van der Waals surface area (Å²) in [5.74, 6) is 0.665. The van der Waals surface area contributed by atoms with Crippen LogP contribution in [-0.2, 0) is 0 Å². The summed E-state index contributed by atoms with van der Waals surface area (Å²) >= 11 is 0. The maximum absolute atomic E-state index is 10.2. The Morgan fingerprint density at radius 1 is 1.67 bits per heavy atom. The molecule has 2 rings (SSSR count). The van der Waals surface area contributed by atoms with E-state index in [2.05, 4.69) is 24.3 Å². The van der Waals surface area contributed by atoms with Gasteiger partial charge >= 0.3 is 0 Å². The van der Waals surface area contributed by atoms with E-state index >= 15 is 0 Å². The van der Waals surface area contributed by atoms with Crippen molar-refractivity contribution in [1.29, 1.82) is 0 Å². The third-order valence-electron chi connectivity index (χ3n) is 2.70. The first kappa shape index (κ1) is 7.47. The minimum absolute atomic E-state index is 0.292. The lowest BCUT2D eigenvalue weighted by molar-refractivity contribution is 0.694. The molecule has 12 heavy (non-hydrogen) atoms. The number of allylic oxidation sites excluding steroid dienone is 5. The molecule has 0 aromatic rings. The molecule has 0 saturated heterocycles. The molecule has 2 heteroatoms. The van der Waals surface area contributed by atoms with Gasteiger partial charge in [0.25, 0.3) is 0 Å². The first-order valence-electron chi connectivity index (χ1n) is 4.16. The molecule has 0 N–H and O–H groups in total. The Hall–Kier alpha value is -1.18. The van der Waals surface area contributed by atoms with Crippen LogP contribution in [0.5, 0.6) is 0 Å². The van der Waals surface area contributed by atoms with Crippen LogP contribution in [0.4, 0.5) is 0 Å². The van der Waals surface area contributed by atoms with E-state index in [0.29, 0.717) is 17.0 Å². The van der Waals surface area contributed by atoms with Crippen LogP contribution in [0.15, 0.2) is 41.3 Å². The van der Waals surface area contributed by atoms with E-state index in [1.54, 1.807) is 6.08 Å². The lowest BCUT2D eigenvalue weighted by atomic mass is 10.0. The zero-order valence-corrected chi connectivity index (χ0v) is 7.03. The highest BCUT2D eigenvalue weighted by atomic mass is 16.3. The molecule has 0 aliphatic heterocycles. The molecule has 2 aliphatic rings. The molecule has 0 amide bonds. The Labute approximate surface area is 71.6 Å². The zero-order valence-electron chi connectivity index (χ0n) is 7.03. The number of hydrogen-bond donors (Lipinski definition) is 0. The normalized spacial score (nSPS) is 37.8. The number of nitrogens with zero attached hydrogens (tertiary/aromatic N) is 1. The summed E-state index contributed by atoms with van der Waals surface area (Å²) in [5, 5.41) is 2.91. The van der Waals surface area contributed by atoms with E-state index in [4.69, 9.17) is 0 Å². The molecule has 2 aliphatic carbocycles. The van der Waals surface area contributed by atoms with Gasteiger partial charge in [0.2, 0.25) is 0 Å². The van der Waals surface area contributed by atoms with Crippen molar-refractivity contribution in [3.05, 3.63) is 41.0 Å². The van der Waals surface area contributed by atoms with Crippen LogP contribution in [-0.4, -0.2) is 0 Å². The summed E-state index contributed by atoms with van der Waals surface area (Å²) < 4.78 is 0. The van der Waals surface area contributed by atoms with Gasteiger partial charge in [-0.3, -0.25) is 0 Å². The Kier molecular flexibility index (Phi) is 1.50. The third kappa shape index (κ3) is 1.13. The molecule has 0 radical (unpaired) electrons. The molecule has 2 nitrogen and oxygen atoms in total. The van der Waals surface area contributed by atoms with E-state index in [1.807, 2.05) is 12.2 Å². The van der Waals surface area contributed by atoms with Crippen LogP contribution >= 0.6 is 0 Å². The number of hydrogen-bond acceptors (Lipinski definition) is 2. The Bertz CT molecular complexity index is 301. The molecule has 0 heterocycles. The molecule has 0 aromatic heterocycles. The van der Waals surface area contributed by atoms with Gasteiger partial charge in [0.05, 0.1) is 0 Å². The van der Waals surface area contributed by atoms with Crippen molar-refractivity contribution in [3.8, 4) is 0 Å². The van der Waals surface area contributed by atoms with Gasteiger partial charge in [0, 0.05) is 0 Å². The SMILES string of the molecule is CC12C=CC(N=O)=CC=CC1C2. The summed E-state index contributed by atoms with van der Waals surface area (Å²) in [7, 11) is 0. The van der Waals surface area contributed by atoms with Crippen LogP contribution in [0.2, 0.25) is 0 Å². The van der Waals surface area contributed by atoms with Gasteiger partial charge in [-0.1, -0.05) is 25.2 Å². The monoisotopic (exact) mass is 161 g/mol. The van der Waals surface area contributed by atoms with E-state index in [0.717, 1.165) is 0 Å². The molecule has 0 aromatic carbocycles. The van der Waals surface area contributed by atoms with Crippen LogP contribution < -0.4 is 0 Å². The second-order valence-electron chi connectivity index (χ2n) is 3.72. The van der Waals surface area contributed by atoms with Crippen LogP contribution in [0.1, 0.15) is 13.3 Å². The molecule has 1 fully saturated rings. The first-order valence-corrected chi connectivity index (χ1v) is 4.16. The van der Waals surface area contributed by atoms with Crippen LogP contribution in [0.25, 0.3) is 0 Å². The summed E-state index contributed by atoms with van der Waals surface area (Å²) in [6, 6.07) is 0. The van der Waals surface area contributed by atoms with Crippen molar-refractivity contribution in [3.63, 3.8) is 0 Å². The molecule has 0 spiro atoms. The minimum Gasteiger partial charge on any atom is -0.145 e. The van der Waals surface area contributed by atoms with Crippen LogP contribution in [0, 0.1) is 16.2 Å². The van der Waals surface area contributed by atoms with Crippen molar-refractivity contribution in [1.82, 2.24) is 0 Å². The van der Waals surface area contributed by atoms with Crippen molar-refractivity contribution in [2.75, 3.05) is 0 Å². The molecule has 1 saturated carbocycles. The fourth-order valence-corrected chi connectivity index (χ4v) is 1.57. The quantitative estimate of drug-likeness (QED) is 0.544. The predicted octanol–water partition coefficient (Wildman–Crippen LogP) is 2.79. The zero-order chi connectivity index (χ0) is 8.60.